The zero-order chi connectivity index (χ0) is 12.4. The van der Waals surface area contributed by atoms with Crippen LogP contribution in [0.15, 0.2) is 0 Å². The number of ether oxygens (including phenoxy) is 1. The van der Waals surface area contributed by atoms with Crippen molar-refractivity contribution in [1.29, 1.82) is 0 Å². The summed E-state index contributed by atoms with van der Waals surface area (Å²) in [7, 11) is 0. The predicted octanol–water partition coefficient (Wildman–Crippen LogP) is -1.05. The third kappa shape index (κ3) is 6.36. The zero-order valence-corrected chi connectivity index (χ0v) is 9.99. The van der Waals surface area contributed by atoms with E-state index in [4.69, 9.17) is 10.5 Å². The molecule has 3 N–H and O–H groups in total. The highest BCUT2D eigenvalue weighted by Crippen LogP contribution is 1.89. The molecule has 0 fully saturated rings. The van der Waals surface area contributed by atoms with E-state index >= 15 is 0 Å². The second-order valence-corrected chi connectivity index (χ2v) is 3.15. The van der Waals surface area contributed by atoms with Crippen molar-refractivity contribution in [3.8, 4) is 0 Å². The first-order chi connectivity index (χ1) is 7.65. The first-order valence-electron chi connectivity index (χ1n) is 5.47. The summed E-state index contributed by atoms with van der Waals surface area (Å²) in [5.74, 6) is -0.446. The van der Waals surface area contributed by atoms with Gasteiger partial charge in [0, 0.05) is 19.7 Å². The van der Waals surface area contributed by atoms with Crippen molar-refractivity contribution in [2.45, 2.75) is 13.8 Å². The Bertz CT molecular complexity index is 221. The van der Waals surface area contributed by atoms with Gasteiger partial charge < -0.3 is 20.7 Å². The molecule has 0 radical (unpaired) electrons. The zero-order valence-electron chi connectivity index (χ0n) is 9.99. The molecular weight excluding hydrogens is 210 g/mol. The Labute approximate surface area is 96.1 Å². The van der Waals surface area contributed by atoms with Gasteiger partial charge in [-0.25, -0.2) is 0 Å². The quantitative estimate of drug-likeness (QED) is 0.522. The van der Waals surface area contributed by atoms with E-state index in [1.54, 1.807) is 4.90 Å². The van der Waals surface area contributed by atoms with Crippen molar-refractivity contribution >= 4 is 11.8 Å². The number of carbonyl (C=O) groups is 2. The van der Waals surface area contributed by atoms with E-state index in [2.05, 4.69) is 5.32 Å². The first-order valence-corrected chi connectivity index (χ1v) is 5.47. The van der Waals surface area contributed by atoms with Gasteiger partial charge in [0.15, 0.2) is 0 Å². The molecule has 0 saturated carbocycles. The Morgan fingerprint density at radius 1 is 1.38 bits per heavy atom. The lowest BCUT2D eigenvalue weighted by molar-refractivity contribution is -0.133. The Balaban J connectivity index is 3.86. The third-order valence-corrected chi connectivity index (χ3v) is 2.07. The van der Waals surface area contributed by atoms with Gasteiger partial charge in [-0.3, -0.25) is 9.59 Å². The van der Waals surface area contributed by atoms with Crippen LogP contribution in [0.2, 0.25) is 0 Å². The lowest BCUT2D eigenvalue weighted by Crippen LogP contribution is -2.43. The molecule has 0 heterocycles. The van der Waals surface area contributed by atoms with Crippen LogP contribution in [0.1, 0.15) is 13.8 Å². The molecule has 0 aromatic rings. The number of nitrogens with zero attached hydrogens (tertiary/aromatic N) is 1. The number of nitrogens with one attached hydrogen (secondary N) is 1. The molecule has 0 aliphatic carbocycles. The van der Waals surface area contributed by atoms with Crippen molar-refractivity contribution in [2.75, 3.05) is 39.4 Å². The number of likely N-dealkylation sites (N-methyl/N-ethyl adjacent to an activating group) is 1. The largest absolute Gasteiger partial charge is 0.380 e. The van der Waals surface area contributed by atoms with Crippen LogP contribution in [0.25, 0.3) is 0 Å². The van der Waals surface area contributed by atoms with Gasteiger partial charge in [-0.2, -0.15) is 0 Å². The maximum absolute atomic E-state index is 11.6. The van der Waals surface area contributed by atoms with Crippen molar-refractivity contribution < 1.29 is 14.3 Å². The van der Waals surface area contributed by atoms with Gasteiger partial charge in [0.2, 0.25) is 11.8 Å². The van der Waals surface area contributed by atoms with Crippen molar-refractivity contribution in [2.24, 2.45) is 5.73 Å². The van der Waals surface area contributed by atoms with Gasteiger partial charge >= 0.3 is 0 Å². The van der Waals surface area contributed by atoms with Crippen molar-refractivity contribution in [1.82, 2.24) is 10.2 Å². The predicted molar refractivity (Wildman–Crippen MR) is 60.8 cm³/mol. The molecule has 0 spiro atoms. The highest BCUT2D eigenvalue weighted by atomic mass is 16.5. The topological polar surface area (TPSA) is 84.7 Å². The second-order valence-electron chi connectivity index (χ2n) is 3.15. The van der Waals surface area contributed by atoms with Crippen molar-refractivity contribution in [3.05, 3.63) is 0 Å². The number of amides is 2. The summed E-state index contributed by atoms with van der Waals surface area (Å²) in [6, 6.07) is 0. The molecule has 16 heavy (non-hydrogen) atoms. The lowest BCUT2D eigenvalue weighted by Gasteiger charge is -2.20. The Morgan fingerprint density at radius 3 is 2.56 bits per heavy atom. The Hall–Kier alpha value is -1.14. The van der Waals surface area contributed by atoms with Gasteiger partial charge in [0.25, 0.3) is 0 Å². The summed E-state index contributed by atoms with van der Waals surface area (Å²) < 4.78 is 5.16. The summed E-state index contributed by atoms with van der Waals surface area (Å²) in [4.78, 5) is 24.1. The van der Waals surface area contributed by atoms with Crippen LogP contribution >= 0.6 is 0 Å². The molecule has 6 nitrogen and oxygen atoms in total. The molecule has 0 aliphatic rings. The van der Waals surface area contributed by atoms with E-state index in [1.807, 2.05) is 13.8 Å². The average molecular weight is 231 g/mol. The molecular formula is C10H21N3O3. The van der Waals surface area contributed by atoms with Crippen LogP contribution in [-0.4, -0.2) is 56.1 Å². The molecule has 2 amide bonds. The van der Waals surface area contributed by atoms with E-state index in [0.717, 1.165) is 0 Å². The van der Waals surface area contributed by atoms with Gasteiger partial charge in [-0.15, -0.1) is 0 Å². The highest BCUT2D eigenvalue weighted by molar-refractivity contribution is 5.85. The number of rotatable bonds is 8. The fourth-order valence-corrected chi connectivity index (χ4v) is 1.14. The summed E-state index contributed by atoms with van der Waals surface area (Å²) in [6.07, 6.45) is 0. The Morgan fingerprint density at radius 2 is 2.06 bits per heavy atom. The van der Waals surface area contributed by atoms with Crippen LogP contribution in [-0.2, 0) is 14.3 Å². The van der Waals surface area contributed by atoms with Crippen LogP contribution in [0.3, 0.4) is 0 Å². The molecule has 0 atom stereocenters. The normalized spacial score (nSPS) is 9.94. The van der Waals surface area contributed by atoms with Gasteiger partial charge in [-0.1, -0.05) is 0 Å². The minimum atomic E-state index is -0.325. The second kappa shape index (κ2) is 9.11. The number of nitrogens with two attached hydrogens (primary N) is 1. The molecule has 0 unspecified atom stereocenters. The number of hydrogen-bond acceptors (Lipinski definition) is 4. The van der Waals surface area contributed by atoms with E-state index < -0.39 is 0 Å². The molecule has 94 valence electrons. The smallest absolute Gasteiger partial charge is 0.242 e. The van der Waals surface area contributed by atoms with Crippen LogP contribution in [0, 0.1) is 0 Å². The summed E-state index contributed by atoms with van der Waals surface area (Å²) in [6.45, 7) is 5.98. The summed E-state index contributed by atoms with van der Waals surface area (Å²) in [5.41, 5.74) is 5.11. The summed E-state index contributed by atoms with van der Waals surface area (Å²) in [5, 5.41) is 2.44. The molecule has 6 heteroatoms. The minimum Gasteiger partial charge on any atom is -0.380 e. The molecule has 0 saturated heterocycles. The fourth-order valence-electron chi connectivity index (χ4n) is 1.14. The number of carbonyl (C=O) groups excluding carboxylic acids is 2. The average Bonchev–Trinajstić information content (AvgIpc) is 2.31. The van der Waals surface area contributed by atoms with Crippen LogP contribution in [0.5, 0.6) is 0 Å². The van der Waals surface area contributed by atoms with Crippen LogP contribution in [0.4, 0.5) is 0 Å². The first kappa shape index (κ1) is 14.9. The van der Waals surface area contributed by atoms with Gasteiger partial charge in [-0.05, 0) is 13.8 Å². The van der Waals surface area contributed by atoms with E-state index in [1.165, 1.54) is 0 Å². The van der Waals surface area contributed by atoms with Gasteiger partial charge in [0.1, 0.15) is 0 Å². The monoisotopic (exact) mass is 231 g/mol. The molecule has 0 aromatic carbocycles. The minimum absolute atomic E-state index is 0.00397. The molecule has 0 bridgehead atoms. The standard InChI is InChI=1S/C10H21N3O3/c1-3-13(5-6-16-4-2)10(15)8-12-9(14)7-11/h3-8,11H2,1-2H3,(H,12,14). The molecule has 0 rings (SSSR count). The number of hydrogen-bond donors (Lipinski definition) is 2. The maximum atomic E-state index is 11.6. The van der Waals surface area contributed by atoms with Crippen molar-refractivity contribution in [3.63, 3.8) is 0 Å². The maximum Gasteiger partial charge on any atom is 0.242 e. The summed E-state index contributed by atoms with van der Waals surface area (Å²) >= 11 is 0. The fraction of sp³-hybridized carbons (Fsp3) is 0.800. The lowest BCUT2D eigenvalue weighted by atomic mass is 10.4. The Kier molecular flexibility index (Phi) is 8.46. The molecule has 0 aliphatic heterocycles. The SMILES string of the molecule is CCOCCN(CC)C(=O)CNC(=O)CN. The third-order valence-electron chi connectivity index (χ3n) is 2.07. The van der Waals surface area contributed by atoms with E-state index in [0.29, 0.717) is 26.3 Å². The highest BCUT2D eigenvalue weighted by Gasteiger charge is 2.11. The van der Waals surface area contributed by atoms with Gasteiger partial charge in [0.05, 0.1) is 19.7 Å². The van der Waals surface area contributed by atoms with Crippen LogP contribution < -0.4 is 11.1 Å². The van der Waals surface area contributed by atoms with E-state index in [-0.39, 0.29) is 24.9 Å². The molecule has 0 aromatic heterocycles. The van der Waals surface area contributed by atoms with E-state index in [9.17, 15) is 9.59 Å².